The third-order valence-electron chi connectivity index (χ3n) is 4.78. The van der Waals surface area contributed by atoms with Gasteiger partial charge in [-0.3, -0.25) is 9.36 Å². The van der Waals surface area contributed by atoms with Crippen LogP contribution < -0.4 is 10.9 Å². The van der Waals surface area contributed by atoms with E-state index in [4.69, 9.17) is 11.6 Å². The number of hydrogen-bond acceptors (Lipinski definition) is 3. The van der Waals surface area contributed by atoms with Gasteiger partial charge in [-0.15, -0.1) is 0 Å². The standard InChI is InChI=1S/C21H23ClN4O2/c1-5-26(21(28)23-16-8-6-7-13(2)11-16)14(3)19-24-18-10-9-15(22)12-17(18)20(27)25(19)4/h6-12,14H,5H2,1-4H3,(H,23,28). The quantitative estimate of drug-likeness (QED) is 0.703. The highest BCUT2D eigenvalue weighted by atomic mass is 35.5. The number of rotatable bonds is 4. The molecule has 0 aliphatic carbocycles. The number of nitrogens with zero attached hydrogens (tertiary/aromatic N) is 3. The Hall–Kier alpha value is -2.86. The Morgan fingerprint density at radius 2 is 2.04 bits per heavy atom. The Bertz CT molecular complexity index is 1090. The summed E-state index contributed by atoms with van der Waals surface area (Å²) in [6.07, 6.45) is 0. The first-order chi connectivity index (χ1) is 13.3. The first kappa shape index (κ1) is 19.9. The number of benzene rings is 2. The van der Waals surface area contributed by atoms with Gasteiger partial charge in [0.25, 0.3) is 5.56 Å². The summed E-state index contributed by atoms with van der Waals surface area (Å²) >= 11 is 6.01. The zero-order valence-electron chi connectivity index (χ0n) is 16.4. The SMILES string of the molecule is CCN(C(=O)Nc1cccc(C)c1)C(C)c1nc2ccc(Cl)cc2c(=O)n1C. The number of urea groups is 1. The Kier molecular flexibility index (Phi) is 5.70. The molecule has 146 valence electrons. The highest BCUT2D eigenvalue weighted by Gasteiger charge is 2.24. The summed E-state index contributed by atoms with van der Waals surface area (Å²) in [4.78, 5) is 31.9. The number of hydrogen-bond donors (Lipinski definition) is 1. The van der Waals surface area contributed by atoms with Crippen LogP contribution in [0.1, 0.15) is 31.3 Å². The van der Waals surface area contributed by atoms with E-state index in [2.05, 4.69) is 10.3 Å². The molecule has 2 amide bonds. The van der Waals surface area contributed by atoms with E-state index in [1.165, 1.54) is 4.57 Å². The van der Waals surface area contributed by atoms with Gasteiger partial charge in [-0.1, -0.05) is 23.7 Å². The number of amides is 2. The van der Waals surface area contributed by atoms with Crippen molar-refractivity contribution in [3.63, 3.8) is 0 Å². The molecular formula is C21H23ClN4O2. The molecule has 0 spiro atoms. The molecule has 1 N–H and O–H groups in total. The van der Waals surface area contributed by atoms with Crippen molar-refractivity contribution in [2.24, 2.45) is 7.05 Å². The van der Waals surface area contributed by atoms with Crippen molar-refractivity contribution in [3.8, 4) is 0 Å². The van der Waals surface area contributed by atoms with Crippen LogP contribution in [0.2, 0.25) is 5.02 Å². The third kappa shape index (κ3) is 3.87. The summed E-state index contributed by atoms with van der Waals surface area (Å²) in [5.41, 5.74) is 2.16. The van der Waals surface area contributed by atoms with Crippen LogP contribution in [0.4, 0.5) is 10.5 Å². The number of halogens is 1. The third-order valence-corrected chi connectivity index (χ3v) is 5.02. The highest BCUT2D eigenvalue weighted by Crippen LogP contribution is 2.22. The van der Waals surface area contributed by atoms with Gasteiger partial charge in [-0.05, 0) is 56.7 Å². The summed E-state index contributed by atoms with van der Waals surface area (Å²) in [6.45, 7) is 6.19. The predicted molar refractivity (Wildman–Crippen MR) is 113 cm³/mol. The molecule has 0 bridgehead atoms. The number of carbonyl (C=O) groups is 1. The van der Waals surface area contributed by atoms with Crippen LogP contribution in [0, 0.1) is 6.92 Å². The van der Waals surface area contributed by atoms with Gasteiger partial charge in [0.15, 0.2) is 0 Å². The minimum Gasteiger partial charge on any atom is -0.315 e. The Labute approximate surface area is 168 Å². The van der Waals surface area contributed by atoms with E-state index >= 15 is 0 Å². The fraction of sp³-hybridized carbons (Fsp3) is 0.286. The number of aromatic nitrogens is 2. The van der Waals surface area contributed by atoms with Crippen LogP contribution in [-0.2, 0) is 7.05 Å². The van der Waals surface area contributed by atoms with Crippen molar-refractivity contribution in [2.45, 2.75) is 26.8 Å². The molecule has 1 unspecified atom stereocenters. The van der Waals surface area contributed by atoms with Gasteiger partial charge in [0, 0.05) is 24.3 Å². The lowest BCUT2D eigenvalue weighted by Gasteiger charge is -2.29. The summed E-state index contributed by atoms with van der Waals surface area (Å²) in [5, 5.41) is 3.86. The second-order valence-corrected chi connectivity index (χ2v) is 7.19. The van der Waals surface area contributed by atoms with E-state index in [0.717, 1.165) is 11.3 Å². The van der Waals surface area contributed by atoms with E-state index in [-0.39, 0.29) is 11.6 Å². The second-order valence-electron chi connectivity index (χ2n) is 6.76. The molecule has 0 saturated carbocycles. The molecule has 2 aromatic carbocycles. The topological polar surface area (TPSA) is 67.2 Å². The van der Waals surface area contributed by atoms with Gasteiger partial charge >= 0.3 is 6.03 Å². The van der Waals surface area contributed by atoms with E-state index < -0.39 is 6.04 Å². The summed E-state index contributed by atoms with van der Waals surface area (Å²) in [7, 11) is 1.66. The van der Waals surface area contributed by atoms with Gasteiger partial charge < -0.3 is 10.2 Å². The van der Waals surface area contributed by atoms with Gasteiger partial charge in [-0.2, -0.15) is 0 Å². The Morgan fingerprint density at radius 1 is 1.29 bits per heavy atom. The van der Waals surface area contributed by atoms with Crippen molar-refractivity contribution in [2.75, 3.05) is 11.9 Å². The lowest BCUT2D eigenvalue weighted by atomic mass is 10.2. The minimum absolute atomic E-state index is 0.190. The summed E-state index contributed by atoms with van der Waals surface area (Å²) in [5.74, 6) is 0.515. The normalized spacial score (nSPS) is 12.0. The molecule has 0 radical (unpaired) electrons. The van der Waals surface area contributed by atoms with Gasteiger partial charge in [0.1, 0.15) is 5.82 Å². The fourth-order valence-electron chi connectivity index (χ4n) is 3.28. The van der Waals surface area contributed by atoms with E-state index in [0.29, 0.717) is 28.3 Å². The monoisotopic (exact) mass is 398 g/mol. The molecule has 3 aromatic rings. The second kappa shape index (κ2) is 8.02. The number of nitrogens with one attached hydrogen (secondary N) is 1. The van der Waals surface area contributed by atoms with Crippen LogP contribution in [-0.4, -0.2) is 27.0 Å². The van der Waals surface area contributed by atoms with Crippen molar-refractivity contribution >= 4 is 34.2 Å². The van der Waals surface area contributed by atoms with Crippen molar-refractivity contribution in [3.05, 3.63) is 69.2 Å². The van der Waals surface area contributed by atoms with Crippen molar-refractivity contribution in [1.82, 2.24) is 14.5 Å². The zero-order chi connectivity index (χ0) is 20.4. The molecular weight excluding hydrogens is 376 g/mol. The molecule has 28 heavy (non-hydrogen) atoms. The zero-order valence-corrected chi connectivity index (χ0v) is 17.1. The number of fused-ring (bicyclic) bond motifs is 1. The minimum atomic E-state index is -0.396. The first-order valence-electron chi connectivity index (χ1n) is 9.12. The molecule has 1 heterocycles. The fourth-order valence-corrected chi connectivity index (χ4v) is 3.46. The average molecular weight is 399 g/mol. The lowest BCUT2D eigenvalue weighted by molar-refractivity contribution is 0.193. The average Bonchev–Trinajstić information content (AvgIpc) is 2.65. The lowest BCUT2D eigenvalue weighted by Crippen LogP contribution is -2.39. The van der Waals surface area contributed by atoms with Crippen LogP contribution in [0.5, 0.6) is 0 Å². The highest BCUT2D eigenvalue weighted by molar-refractivity contribution is 6.31. The number of carbonyl (C=O) groups excluding carboxylic acids is 1. The smallest absolute Gasteiger partial charge is 0.315 e. The molecule has 0 aliphatic heterocycles. The maximum absolute atomic E-state index is 12.9. The summed E-state index contributed by atoms with van der Waals surface area (Å²) in [6, 6.07) is 12.0. The van der Waals surface area contributed by atoms with E-state index in [1.54, 1.807) is 30.1 Å². The Morgan fingerprint density at radius 3 is 2.71 bits per heavy atom. The number of anilines is 1. The van der Waals surface area contributed by atoms with Gasteiger partial charge in [0.2, 0.25) is 0 Å². The number of aryl methyl sites for hydroxylation is 1. The van der Waals surface area contributed by atoms with Crippen LogP contribution in [0.3, 0.4) is 0 Å². The van der Waals surface area contributed by atoms with Crippen LogP contribution in [0.15, 0.2) is 47.3 Å². The maximum Gasteiger partial charge on any atom is 0.322 e. The van der Waals surface area contributed by atoms with Gasteiger partial charge in [0.05, 0.1) is 16.9 Å². The molecule has 0 fully saturated rings. The molecule has 3 rings (SSSR count). The first-order valence-corrected chi connectivity index (χ1v) is 9.50. The van der Waals surface area contributed by atoms with Crippen molar-refractivity contribution in [1.29, 1.82) is 0 Å². The van der Waals surface area contributed by atoms with Crippen LogP contribution in [0.25, 0.3) is 10.9 Å². The van der Waals surface area contributed by atoms with E-state index in [9.17, 15) is 9.59 Å². The van der Waals surface area contributed by atoms with Gasteiger partial charge in [-0.25, -0.2) is 9.78 Å². The van der Waals surface area contributed by atoms with Crippen molar-refractivity contribution < 1.29 is 4.79 Å². The van der Waals surface area contributed by atoms with E-state index in [1.807, 2.05) is 45.0 Å². The molecule has 0 aliphatic rings. The van der Waals surface area contributed by atoms with Crippen LogP contribution >= 0.6 is 11.6 Å². The predicted octanol–water partition coefficient (Wildman–Crippen LogP) is 4.51. The summed E-state index contributed by atoms with van der Waals surface area (Å²) < 4.78 is 1.48. The molecule has 0 saturated heterocycles. The molecule has 6 nitrogen and oxygen atoms in total. The largest absolute Gasteiger partial charge is 0.322 e. The maximum atomic E-state index is 12.9. The molecule has 7 heteroatoms. The molecule has 1 atom stereocenters. The molecule has 1 aromatic heterocycles. The Balaban J connectivity index is 1.95.